The van der Waals surface area contributed by atoms with Crippen molar-refractivity contribution >= 4 is 10.9 Å². The van der Waals surface area contributed by atoms with Crippen LogP contribution in [0, 0.1) is 11.7 Å². The van der Waals surface area contributed by atoms with Crippen LogP contribution in [-0.4, -0.2) is 5.60 Å². The second kappa shape index (κ2) is 10.6. The second-order valence-corrected chi connectivity index (χ2v) is 11.1. The fourth-order valence-corrected chi connectivity index (χ4v) is 6.83. The summed E-state index contributed by atoms with van der Waals surface area (Å²) in [4.78, 5) is 3.53. The zero-order chi connectivity index (χ0) is 22.4. The Morgan fingerprint density at radius 2 is 1.25 bits per heavy atom. The van der Waals surface area contributed by atoms with Crippen molar-refractivity contribution < 1.29 is 9.13 Å². The minimum Gasteiger partial charge on any atom is -0.484 e. The highest BCUT2D eigenvalue weighted by Gasteiger charge is 2.37. The fraction of sp³-hybridized carbons (Fsp3) is 0.379. The van der Waals surface area contributed by atoms with Gasteiger partial charge in [-0.3, -0.25) is 0 Å². The molecule has 1 fully saturated rings. The SMILES string of the molecule is CC(C)C1(Oc2cc([S+](c3ccccc3)c3ccccc3)ccc2F)CCCCCCC1. The molecule has 0 amide bonds. The number of hydrogen-bond donors (Lipinski definition) is 0. The molecule has 0 radical (unpaired) electrons. The lowest BCUT2D eigenvalue weighted by molar-refractivity contribution is -0.00586. The standard InChI is InChI=1S/C29H34FOS/c1-23(2)29(20-12-4-3-5-13-21-29)31-28-22-26(18-19-27(28)30)32(24-14-8-6-9-15-24)25-16-10-7-11-17-25/h6-11,14-19,22-23H,3-5,12-13,20-21H2,1-2H3/q+1. The van der Waals surface area contributed by atoms with Crippen molar-refractivity contribution in [1.82, 2.24) is 0 Å². The van der Waals surface area contributed by atoms with E-state index in [-0.39, 0.29) is 22.3 Å². The van der Waals surface area contributed by atoms with E-state index < -0.39 is 0 Å². The van der Waals surface area contributed by atoms with Gasteiger partial charge < -0.3 is 4.74 Å². The summed E-state index contributed by atoms with van der Waals surface area (Å²) in [6, 6.07) is 26.5. The molecule has 32 heavy (non-hydrogen) atoms. The van der Waals surface area contributed by atoms with Gasteiger partial charge in [0.2, 0.25) is 0 Å². The van der Waals surface area contributed by atoms with E-state index in [0.717, 1.165) is 30.6 Å². The van der Waals surface area contributed by atoms with Crippen LogP contribution in [0.4, 0.5) is 4.39 Å². The Morgan fingerprint density at radius 3 is 1.78 bits per heavy atom. The van der Waals surface area contributed by atoms with Gasteiger partial charge in [-0.15, -0.1) is 0 Å². The van der Waals surface area contributed by atoms with Crippen molar-refractivity contribution in [2.75, 3.05) is 0 Å². The van der Waals surface area contributed by atoms with Crippen LogP contribution >= 0.6 is 0 Å². The smallest absolute Gasteiger partial charge is 0.170 e. The Balaban J connectivity index is 1.73. The van der Waals surface area contributed by atoms with Gasteiger partial charge in [0.1, 0.15) is 5.60 Å². The lowest BCUT2D eigenvalue weighted by atomic mass is 9.79. The van der Waals surface area contributed by atoms with Gasteiger partial charge in [-0.2, -0.15) is 0 Å². The van der Waals surface area contributed by atoms with E-state index in [2.05, 4.69) is 62.4 Å². The van der Waals surface area contributed by atoms with Crippen LogP contribution in [0.15, 0.2) is 93.5 Å². The summed E-state index contributed by atoms with van der Waals surface area (Å²) >= 11 is 0. The predicted octanol–water partition coefficient (Wildman–Crippen LogP) is 8.44. The molecule has 3 aromatic carbocycles. The van der Waals surface area contributed by atoms with Crippen molar-refractivity contribution in [1.29, 1.82) is 0 Å². The molecule has 3 aromatic rings. The molecule has 1 saturated carbocycles. The van der Waals surface area contributed by atoms with E-state index >= 15 is 4.39 Å². The quantitative estimate of drug-likeness (QED) is 0.343. The molecule has 0 bridgehead atoms. The van der Waals surface area contributed by atoms with Gasteiger partial charge in [0.25, 0.3) is 0 Å². The van der Waals surface area contributed by atoms with Gasteiger partial charge in [0, 0.05) is 6.07 Å². The molecule has 0 atom stereocenters. The van der Waals surface area contributed by atoms with Crippen molar-refractivity contribution in [3.8, 4) is 5.75 Å². The molecule has 1 aliphatic rings. The average molecular weight is 450 g/mol. The minimum absolute atomic E-state index is 0.263. The average Bonchev–Trinajstić information content (AvgIpc) is 2.79. The summed E-state index contributed by atoms with van der Waals surface area (Å²) in [6.07, 6.45) is 8.08. The van der Waals surface area contributed by atoms with E-state index in [1.807, 2.05) is 24.3 Å². The molecule has 1 nitrogen and oxygen atoms in total. The molecule has 0 aliphatic heterocycles. The summed E-state index contributed by atoms with van der Waals surface area (Å²) in [7, 11) is -0.317. The lowest BCUT2D eigenvalue weighted by Gasteiger charge is -2.39. The summed E-state index contributed by atoms with van der Waals surface area (Å²) in [5.74, 6) is 0.479. The van der Waals surface area contributed by atoms with Crippen molar-refractivity contribution in [3.63, 3.8) is 0 Å². The third kappa shape index (κ3) is 5.20. The highest BCUT2D eigenvalue weighted by atomic mass is 32.2. The third-order valence-corrected chi connectivity index (χ3v) is 8.87. The van der Waals surface area contributed by atoms with E-state index in [0.29, 0.717) is 11.7 Å². The van der Waals surface area contributed by atoms with Crippen LogP contribution < -0.4 is 4.74 Å². The van der Waals surface area contributed by atoms with Gasteiger partial charge in [-0.05, 0) is 68.0 Å². The molecule has 168 valence electrons. The zero-order valence-corrected chi connectivity index (χ0v) is 20.0. The Labute approximate surface area is 195 Å². The Kier molecular flexibility index (Phi) is 7.57. The Bertz CT molecular complexity index is 939. The molecule has 1 aliphatic carbocycles. The number of benzene rings is 3. The topological polar surface area (TPSA) is 9.23 Å². The first kappa shape index (κ1) is 22.9. The Morgan fingerprint density at radius 1 is 0.719 bits per heavy atom. The fourth-order valence-electron chi connectivity index (χ4n) is 4.73. The predicted molar refractivity (Wildman–Crippen MR) is 132 cm³/mol. The third-order valence-electron chi connectivity index (χ3n) is 6.66. The highest BCUT2D eigenvalue weighted by molar-refractivity contribution is 7.97. The van der Waals surface area contributed by atoms with E-state index in [1.54, 1.807) is 6.07 Å². The van der Waals surface area contributed by atoms with Crippen LogP contribution in [0.1, 0.15) is 58.8 Å². The normalized spacial score (nSPS) is 16.5. The second-order valence-electron chi connectivity index (χ2n) is 9.11. The molecule has 0 N–H and O–H groups in total. The van der Waals surface area contributed by atoms with Crippen molar-refractivity contribution in [3.05, 3.63) is 84.7 Å². The number of rotatable bonds is 6. The molecular formula is C29H34FOS+. The maximum Gasteiger partial charge on any atom is 0.170 e. The molecule has 0 spiro atoms. The zero-order valence-electron chi connectivity index (χ0n) is 19.2. The lowest BCUT2D eigenvalue weighted by Crippen LogP contribution is -2.42. The van der Waals surface area contributed by atoms with Gasteiger partial charge in [-0.1, -0.05) is 69.5 Å². The summed E-state index contributed by atoms with van der Waals surface area (Å²) in [5, 5.41) is 0. The van der Waals surface area contributed by atoms with Crippen molar-refractivity contribution in [2.24, 2.45) is 5.92 Å². The monoisotopic (exact) mass is 449 g/mol. The molecule has 0 unspecified atom stereocenters. The van der Waals surface area contributed by atoms with Crippen LogP contribution in [-0.2, 0) is 10.9 Å². The number of halogens is 1. The maximum atomic E-state index is 15.1. The van der Waals surface area contributed by atoms with Crippen LogP contribution in [0.5, 0.6) is 5.75 Å². The van der Waals surface area contributed by atoms with E-state index in [1.165, 1.54) is 29.1 Å². The molecule has 0 saturated heterocycles. The summed E-state index contributed by atoms with van der Waals surface area (Å²) < 4.78 is 21.7. The van der Waals surface area contributed by atoms with Gasteiger partial charge in [-0.25, -0.2) is 4.39 Å². The van der Waals surface area contributed by atoms with Gasteiger partial charge in [0.05, 0.1) is 10.9 Å². The minimum atomic E-state index is -0.317. The summed E-state index contributed by atoms with van der Waals surface area (Å²) in [6.45, 7) is 4.45. The van der Waals surface area contributed by atoms with E-state index in [4.69, 9.17) is 4.74 Å². The molecule has 4 rings (SSSR count). The highest BCUT2D eigenvalue weighted by Crippen LogP contribution is 2.40. The number of hydrogen-bond acceptors (Lipinski definition) is 1. The van der Waals surface area contributed by atoms with Crippen molar-refractivity contribution in [2.45, 2.75) is 79.1 Å². The van der Waals surface area contributed by atoms with Gasteiger partial charge in [0.15, 0.2) is 26.3 Å². The molecular weight excluding hydrogens is 415 g/mol. The largest absolute Gasteiger partial charge is 0.484 e. The summed E-state index contributed by atoms with van der Waals surface area (Å²) in [5.41, 5.74) is -0.294. The van der Waals surface area contributed by atoms with Crippen LogP contribution in [0.25, 0.3) is 0 Å². The van der Waals surface area contributed by atoms with E-state index in [9.17, 15) is 0 Å². The Hall–Kier alpha value is -2.26. The number of ether oxygens (including phenoxy) is 1. The van der Waals surface area contributed by atoms with Crippen LogP contribution in [0.2, 0.25) is 0 Å². The van der Waals surface area contributed by atoms with Crippen LogP contribution in [0.3, 0.4) is 0 Å². The first-order valence-corrected chi connectivity index (χ1v) is 13.1. The molecule has 3 heteroatoms. The molecule has 0 heterocycles. The first-order valence-electron chi connectivity index (χ1n) is 11.9. The maximum absolute atomic E-state index is 15.1. The first-order chi connectivity index (χ1) is 15.6. The van der Waals surface area contributed by atoms with Gasteiger partial charge >= 0.3 is 0 Å². The molecule has 0 aromatic heterocycles.